The minimum absolute atomic E-state index is 0.260. The van der Waals surface area contributed by atoms with Gasteiger partial charge in [0.25, 0.3) is 0 Å². The van der Waals surface area contributed by atoms with Crippen molar-refractivity contribution < 1.29 is 9.52 Å². The fraction of sp³-hybridized carbons (Fsp3) is 0.111. The van der Waals surface area contributed by atoms with Crippen molar-refractivity contribution in [1.82, 2.24) is 0 Å². The van der Waals surface area contributed by atoms with Crippen LogP contribution in [0.1, 0.15) is 11.1 Å². The Morgan fingerprint density at radius 1 is 1.15 bits per heavy atom. The Hall–Kier alpha value is -2.48. The number of fused-ring (bicyclic) bond motifs is 1. The lowest BCUT2D eigenvalue weighted by atomic mass is 10.0. The molecule has 20 heavy (non-hydrogen) atoms. The average molecular weight is 264 g/mol. The molecule has 0 amide bonds. The number of allylic oxidation sites excluding steroid dienone is 1. The first kappa shape index (κ1) is 12.5. The summed E-state index contributed by atoms with van der Waals surface area (Å²) in [5.74, 6) is 1.12. The zero-order valence-electron chi connectivity index (χ0n) is 11.4. The number of aryl methyl sites for hydroxylation is 1. The van der Waals surface area contributed by atoms with Crippen LogP contribution in [0.5, 0.6) is 5.75 Å². The summed E-state index contributed by atoms with van der Waals surface area (Å²) in [6.07, 6.45) is 2.76. The van der Waals surface area contributed by atoms with Gasteiger partial charge in [0, 0.05) is 16.5 Å². The summed E-state index contributed by atoms with van der Waals surface area (Å²) >= 11 is 0. The smallest absolute Gasteiger partial charge is 0.138 e. The Labute approximate surface area is 118 Å². The van der Waals surface area contributed by atoms with Gasteiger partial charge < -0.3 is 9.52 Å². The van der Waals surface area contributed by atoms with Gasteiger partial charge >= 0.3 is 0 Å². The molecule has 0 unspecified atom stereocenters. The Balaban J connectivity index is 2.15. The van der Waals surface area contributed by atoms with E-state index in [0.717, 1.165) is 34.3 Å². The van der Waals surface area contributed by atoms with E-state index < -0.39 is 0 Å². The predicted molar refractivity (Wildman–Crippen MR) is 82.0 cm³/mol. The number of rotatable bonds is 3. The zero-order chi connectivity index (χ0) is 14.1. The van der Waals surface area contributed by atoms with Crippen molar-refractivity contribution in [2.45, 2.75) is 13.3 Å². The second-order valence-corrected chi connectivity index (χ2v) is 4.93. The second kappa shape index (κ2) is 4.89. The third-order valence-electron chi connectivity index (χ3n) is 3.51. The van der Waals surface area contributed by atoms with Gasteiger partial charge in [-0.25, -0.2) is 0 Å². The van der Waals surface area contributed by atoms with Gasteiger partial charge in [-0.1, -0.05) is 12.1 Å². The lowest BCUT2D eigenvalue weighted by molar-refractivity contribution is 0.475. The van der Waals surface area contributed by atoms with Crippen molar-refractivity contribution in [2.24, 2.45) is 0 Å². The summed E-state index contributed by atoms with van der Waals surface area (Å²) in [6, 6.07) is 13.3. The quantitative estimate of drug-likeness (QED) is 0.686. The molecule has 2 nitrogen and oxygen atoms in total. The number of furan rings is 1. The maximum atomic E-state index is 9.37. The summed E-state index contributed by atoms with van der Waals surface area (Å²) in [7, 11) is 0. The summed E-state index contributed by atoms with van der Waals surface area (Å²) in [4.78, 5) is 0. The molecule has 3 aromatic rings. The minimum Gasteiger partial charge on any atom is -0.508 e. The largest absolute Gasteiger partial charge is 0.508 e. The SMILES string of the molecule is C=CCc1ccc2oc(-c3ccc(O)cc3)c(C)c2c1. The van der Waals surface area contributed by atoms with Crippen LogP contribution in [-0.4, -0.2) is 5.11 Å². The summed E-state index contributed by atoms with van der Waals surface area (Å²) < 4.78 is 5.95. The van der Waals surface area contributed by atoms with Gasteiger partial charge in [0.15, 0.2) is 0 Å². The molecule has 0 aliphatic carbocycles. The highest BCUT2D eigenvalue weighted by atomic mass is 16.3. The van der Waals surface area contributed by atoms with Crippen LogP contribution < -0.4 is 0 Å². The van der Waals surface area contributed by atoms with Crippen LogP contribution >= 0.6 is 0 Å². The molecule has 0 aliphatic heterocycles. The van der Waals surface area contributed by atoms with E-state index in [-0.39, 0.29) is 5.75 Å². The van der Waals surface area contributed by atoms with Crippen LogP contribution in [-0.2, 0) is 6.42 Å². The first-order valence-corrected chi connectivity index (χ1v) is 6.61. The number of phenolic OH excluding ortho intramolecular Hbond substituents is 1. The summed E-state index contributed by atoms with van der Waals surface area (Å²) in [5, 5.41) is 10.5. The van der Waals surface area contributed by atoms with E-state index in [1.807, 2.05) is 24.3 Å². The molecule has 0 bridgehead atoms. The van der Waals surface area contributed by atoms with E-state index in [2.05, 4.69) is 25.6 Å². The fourth-order valence-electron chi connectivity index (χ4n) is 2.45. The van der Waals surface area contributed by atoms with E-state index in [0.29, 0.717) is 0 Å². The van der Waals surface area contributed by atoms with Crippen molar-refractivity contribution in [1.29, 1.82) is 0 Å². The Morgan fingerprint density at radius 2 is 1.90 bits per heavy atom. The molecule has 0 spiro atoms. The lowest BCUT2D eigenvalue weighted by Crippen LogP contribution is -1.80. The van der Waals surface area contributed by atoms with Gasteiger partial charge in [0.1, 0.15) is 17.1 Å². The number of benzene rings is 2. The van der Waals surface area contributed by atoms with Gasteiger partial charge in [0.05, 0.1) is 0 Å². The van der Waals surface area contributed by atoms with E-state index >= 15 is 0 Å². The van der Waals surface area contributed by atoms with Gasteiger partial charge in [-0.15, -0.1) is 6.58 Å². The number of hydrogen-bond acceptors (Lipinski definition) is 2. The summed E-state index contributed by atoms with van der Waals surface area (Å²) in [5.41, 5.74) is 4.21. The Kier molecular flexibility index (Phi) is 3.07. The third-order valence-corrected chi connectivity index (χ3v) is 3.51. The van der Waals surface area contributed by atoms with E-state index in [1.165, 1.54) is 5.56 Å². The molecular formula is C18H16O2. The molecule has 0 saturated heterocycles. The molecule has 3 rings (SSSR count). The molecular weight excluding hydrogens is 248 g/mol. The Bertz CT molecular complexity index is 764. The van der Waals surface area contributed by atoms with E-state index in [9.17, 15) is 5.11 Å². The molecule has 100 valence electrons. The molecule has 0 aliphatic rings. The first-order chi connectivity index (χ1) is 9.69. The number of aromatic hydroxyl groups is 1. The van der Waals surface area contributed by atoms with E-state index in [1.54, 1.807) is 12.1 Å². The van der Waals surface area contributed by atoms with Gasteiger partial charge in [-0.3, -0.25) is 0 Å². The maximum absolute atomic E-state index is 9.37. The van der Waals surface area contributed by atoms with Crippen LogP contribution in [0, 0.1) is 6.92 Å². The monoisotopic (exact) mass is 264 g/mol. The number of hydrogen-bond donors (Lipinski definition) is 1. The van der Waals surface area contributed by atoms with Crippen LogP contribution in [0.2, 0.25) is 0 Å². The molecule has 1 N–H and O–H groups in total. The average Bonchev–Trinajstić information content (AvgIpc) is 2.78. The van der Waals surface area contributed by atoms with Gasteiger partial charge in [-0.2, -0.15) is 0 Å². The van der Waals surface area contributed by atoms with E-state index in [4.69, 9.17) is 4.42 Å². The molecule has 0 radical (unpaired) electrons. The second-order valence-electron chi connectivity index (χ2n) is 4.93. The molecule has 0 atom stereocenters. The topological polar surface area (TPSA) is 33.4 Å². The zero-order valence-corrected chi connectivity index (χ0v) is 11.4. The minimum atomic E-state index is 0.260. The molecule has 1 heterocycles. The van der Waals surface area contributed by atoms with Gasteiger partial charge in [0.2, 0.25) is 0 Å². The van der Waals surface area contributed by atoms with Crippen LogP contribution in [0.3, 0.4) is 0 Å². The highest BCUT2D eigenvalue weighted by Gasteiger charge is 2.12. The normalized spacial score (nSPS) is 10.8. The molecule has 2 heteroatoms. The highest BCUT2D eigenvalue weighted by molar-refractivity contribution is 5.88. The predicted octanol–water partition coefficient (Wildman–Crippen LogP) is 4.84. The molecule has 0 fully saturated rings. The van der Waals surface area contributed by atoms with Crippen LogP contribution in [0.15, 0.2) is 59.5 Å². The van der Waals surface area contributed by atoms with Crippen molar-refractivity contribution >= 4 is 11.0 Å². The van der Waals surface area contributed by atoms with Crippen molar-refractivity contribution in [3.8, 4) is 17.1 Å². The summed E-state index contributed by atoms with van der Waals surface area (Å²) in [6.45, 7) is 5.83. The first-order valence-electron chi connectivity index (χ1n) is 6.61. The highest BCUT2D eigenvalue weighted by Crippen LogP contribution is 2.34. The fourth-order valence-corrected chi connectivity index (χ4v) is 2.45. The third kappa shape index (κ3) is 2.10. The molecule has 1 aromatic heterocycles. The standard InChI is InChI=1S/C18H16O2/c1-3-4-13-5-10-17-16(11-13)12(2)18(20-17)14-6-8-15(19)9-7-14/h3,5-11,19H,1,4H2,2H3. The van der Waals surface area contributed by atoms with Gasteiger partial charge in [-0.05, 0) is 55.3 Å². The van der Waals surface area contributed by atoms with Crippen LogP contribution in [0.25, 0.3) is 22.3 Å². The molecule has 0 saturated carbocycles. The molecule has 2 aromatic carbocycles. The van der Waals surface area contributed by atoms with Crippen molar-refractivity contribution in [3.63, 3.8) is 0 Å². The lowest BCUT2D eigenvalue weighted by Gasteiger charge is -1.99. The Morgan fingerprint density at radius 3 is 2.60 bits per heavy atom. The maximum Gasteiger partial charge on any atom is 0.138 e. The number of phenols is 1. The van der Waals surface area contributed by atoms with Crippen molar-refractivity contribution in [2.75, 3.05) is 0 Å². The van der Waals surface area contributed by atoms with Crippen LogP contribution in [0.4, 0.5) is 0 Å². The van der Waals surface area contributed by atoms with Crippen molar-refractivity contribution in [3.05, 3.63) is 66.2 Å².